The lowest BCUT2D eigenvalue weighted by Crippen LogP contribution is -2.32. The van der Waals surface area contributed by atoms with Crippen molar-refractivity contribution in [3.05, 3.63) is 48.0 Å². The molecule has 0 saturated heterocycles. The summed E-state index contributed by atoms with van der Waals surface area (Å²) in [5.41, 5.74) is 0.827. The van der Waals surface area contributed by atoms with Crippen LogP contribution in [0.2, 0.25) is 0 Å². The first-order chi connectivity index (χ1) is 13.8. The molecule has 1 aliphatic carbocycles. The fourth-order valence-corrected chi connectivity index (χ4v) is 6.99. The first kappa shape index (κ1) is 21.8. The van der Waals surface area contributed by atoms with Gasteiger partial charge in [-0.2, -0.15) is 0 Å². The average Bonchev–Trinajstić information content (AvgIpc) is 3.04. The van der Waals surface area contributed by atoms with Gasteiger partial charge >= 0.3 is 5.97 Å². The second-order valence-corrected chi connectivity index (χ2v) is 11.0. The maximum Gasteiger partial charge on any atom is 0.306 e. The zero-order chi connectivity index (χ0) is 20.9. The first-order valence-electron chi connectivity index (χ1n) is 10.6. The standard InChI is InChI=1S/C24H32O4S/c1-19-13-14-24(16-19,17-23(25)28-2)18-29(26,27)15-6-5-9-21-11-7-10-20-8-3-4-12-22(20)21/h3-4,7-8,10-12,19H,5-6,9,13-18H2,1-2H3. The highest BCUT2D eigenvalue weighted by Crippen LogP contribution is 2.45. The number of aryl methyl sites for hydroxylation is 1. The molecular weight excluding hydrogens is 384 g/mol. The molecule has 0 amide bonds. The molecule has 0 bridgehead atoms. The average molecular weight is 417 g/mol. The van der Waals surface area contributed by atoms with Crippen LogP contribution in [0.4, 0.5) is 0 Å². The second kappa shape index (κ2) is 9.29. The van der Waals surface area contributed by atoms with Crippen LogP contribution in [0.5, 0.6) is 0 Å². The highest BCUT2D eigenvalue weighted by molar-refractivity contribution is 7.91. The summed E-state index contributed by atoms with van der Waals surface area (Å²) in [7, 11) is -1.83. The molecule has 29 heavy (non-hydrogen) atoms. The fourth-order valence-electron chi connectivity index (χ4n) is 4.90. The summed E-state index contributed by atoms with van der Waals surface area (Å²) in [6.45, 7) is 2.13. The zero-order valence-electron chi connectivity index (χ0n) is 17.5. The molecule has 1 fully saturated rings. The van der Waals surface area contributed by atoms with E-state index in [4.69, 9.17) is 4.74 Å². The Labute approximate surface area is 174 Å². The number of benzene rings is 2. The number of hydrogen-bond donors (Lipinski definition) is 0. The van der Waals surface area contributed by atoms with Crippen LogP contribution in [0.15, 0.2) is 42.5 Å². The second-order valence-electron chi connectivity index (χ2n) is 8.79. The first-order valence-corrected chi connectivity index (χ1v) is 12.4. The molecule has 2 aromatic carbocycles. The molecule has 4 nitrogen and oxygen atoms in total. The third-order valence-corrected chi connectivity index (χ3v) is 8.22. The summed E-state index contributed by atoms with van der Waals surface area (Å²) < 4.78 is 30.5. The smallest absolute Gasteiger partial charge is 0.306 e. The Hall–Kier alpha value is -1.88. The Morgan fingerprint density at radius 2 is 1.90 bits per heavy atom. The molecule has 0 heterocycles. The summed E-state index contributed by atoms with van der Waals surface area (Å²) in [4.78, 5) is 11.9. The van der Waals surface area contributed by atoms with Crippen LogP contribution in [-0.2, 0) is 25.8 Å². The number of methoxy groups -OCH3 is 1. The van der Waals surface area contributed by atoms with Crippen molar-refractivity contribution in [2.75, 3.05) is 18.6 Å². The number of sulfone groups is 1. The van der Waals surface area contributed by atoms with E-state index in [1.54, 1.807) is 0 Å². The molecule has 2 atom stereocenters. The van der Waals surface area contributed by atoms with Gasteiger partial charge < -0.3 is 4.74 Å². The van der Waals surface area contributed by atoms with Crippen molar-refractivity contribution < 1.29 is 17.9 Å². The van der Waals surface area contributed by atoms with Crippen LogP contribution in [0.3, 0.4) is 0 Å². The molecule has 0 spiro atoms. The van der Waals surface area contributed by atoms with E-state index in [-0.39, 0.29) is 23.9 Å². The molecule has 3 rings (SSSR count). The van der Waals surface area contributed by atoms with E-state index in [1.165, 1.54) is 23.4 Å². The van der Waals surface area contributed by atoms with E-state index in [9.17, 15) is 13.2 Å². The fraction of sp³-hybridized carbons (Fsp3) is 0.542. The van der Waals surface area contributed by atoms with Crippen LogP contribution < -0.4 is 0 Å². The number of unbranched alkanes of at least 4 members (excludes halogenated alkanes) is 1. The maximum absolute atomic E-state index is 12.8. The van der Waals surface area contributed by atoms with Gasteiger partial charge in [-0.1, -0.05) is 55.8 Å². The van der Waals surface area contributed by atoms with Gasteiger partial charge in [0.1, 0.15) is 0 Å². The van der Waals surface area contributed by atoms with Gasteiger partial charge in [0.05, 0.1) is 25.0 Å². The molecule has 0 radical (unpaired) electrons. The van der Waals surface area contributed by atoms with Crippen molar-refractivity contribution in [1.82, 2.24) is 0 Å². The number of carbonyl (C=O) groups is 1. The van der Waals surface area contributed by atoms with Gasteiger partial charge in [0, 0.05) is 0 Å². The molecule has 2 aromatic rings. The summed E-state index contributed by atoms with van der Waals surface area (Å²) in [5.74, 6) is 0.453. The number of hydrogen-bond acceptors (Lipinski definition) is 4. The Balaban J connectivity index is 1.57. The van der Waals surface area contributed by atoms with E-state index in [1.807, 2.05) is 12.1 Å². The van der Waals surface area contributed by atoms with Crippen molar-refractivity contribution >= 4 is 26.6 Å². The third kappa shape index (κ3) is 5.81. The highest BCUT2D eigenvalue weighted by Gasteiger charge is 2.42. The number of ether oxygens (including phenoxy) is 1. The van der Waals surface area contributed by atoms with Gasteiger partial charge in [-0.15, -0.1) is 0 Å². The minimum Gasteiger partial charge on any atom is -0.469 e. The monoisotopic (exact) mass is 416 g/mol. The largest absolute Gasteiger partial charge is 0.469 e. The Kier molecular flexibility index (Phi) is 6.99. The lowest BCUT2D eigenvalue weighted by molar-refractivity contribution is -0.143. The maximum atomic E-state index is 12.8. The van der Waals surface area contributed by atoms with Crippen LogP contribution in [0.25, 0.3) is 10.8 Å². The highest BCUT2D eigenvalue weighted by atomic mass is 32.2. The van der Waals surface area contributed by atoms with E-state index >= 15 is 0 Å². The minimum atomic E-state index is -3.21. The van der Waals surface area contributed by atoms with Crippen LogP contribution >= 0.6 is 0 Å². The predicted molar refractivity (Wildman–Crippen MR) is 118 cm³/mol. The molecule has 0 aromatic heterocycles. The van der Waals surface area contributed by atoms with E-state index in [2.05, 4.69) is 37.3 Å². The van der Waals surface area contributed by atoms with Crippen molar-refractivity contribution in [1.29, 1.82) is 0 Å². The summed E-state index contributed by atoms with van der Waals surface area (Å²) in [6, 6.07) is 14.6. The molecule has 158 valence electrons. The Morgan fingerprint density at radius 1 is 1.14 bits per heavy atom. The molecule has 1 saturated carbocycles. The van der Waals surface area contributed by atoms with Crippen LogP contribution in [0, 0.1) is 11.3 Å². The SMILES string of the molecule is COC(=O)CC1(CS(=O)(=O)CCCCc2cccc3ccccc23)CCC(C)C1. The van der Waals surface area contributed by atoms with Crippen LogP contribution in [-0.4, -0.2) is 33.0 Å². The number of esters is 1. The summed E-state index contributed by atoms with van der Waals surface area (Å²) >= 11 is 0. The molecule has 0 aliphatic heterocycles. The molecular formula is C24H32O4S. The van der Waals surface area contributed by atoms with Crippen LogP contribution in [0.1, 0.15) is 51.0 Å². The summed E-state index contributed by atoms with van der Waals surface area (Å²) in [6.07, 6.45) is 5.14. The number of fused-ring (bicyclic) bond motifs is 1. The lowest BCUT2D eigenvalue weighted by Gasteiger charge is -2.28. The molecule has 2 unspecified atom stereocenters. The van der Waals surface area contributed by atoms with Gasteiger partial charge in [-0.25, -0.2) is 8.42 Å². The summed E-state index contributed by atoms with van der Waals surface area (Å²) in [5, 5.41) is 2.47. The van der Waals surface area contributed by atoms with E-state index in [0.29, 0.717) is 12.3 Å². The lowest BCUT2D eigenvalue weighted by atomic mass is 9.84. The molecule has 1 aliphatic rings. The van der Waals surface area contributed by atoms with E-state index in [0.717, 1.165) is 32.1 Å². The van der Waals surface area contributed by atoms with Gasteiger partial charge in [0.2, 0.25) is 0 Å². The topological polar surface area (TPSA) is 60.4 Å². The zero-order valence-corrected chi connectivity index (χ0v) is 18.3. The number of rotatable bonds is 9. The van der Waals surface area contributed by atoms with E-state index < -0.39 is 15.3 Å². The number of carbonyl (C=O) groups excluding carboxylic acids is 1. The Morgan fingerprint density at radius 3 is 2.62 bits per heavy atom. The van der Waals surface area contributed by atoms with Gasteiger partial charge in [0.25, 0.3) is 0 Å². The van der Waals surface area contributed by atoms with Crippen molar-refractivity contribution in [2.45, 2.75) is 51.9 Å². The molecule has 5 heteroatoms. The predicted octanol–water partition coefficient (Wildman–Crippen LogP) is 4.95. The third-order valence-electron chi connectivity index (χ3n) is 6.25. The quantitative estimate of drug-likeness (QED) is 0.429. The normalized spacial score (nSPS) is 22.1. The van der Waals surface area contributed by atoms with Crippen molar-refractivity contribution in [3.63, 3.8) is 0 Å². The minimum absolute atomic E-state index is 0.105. The van der Waals surface area contributed by atoms with Gasteiger partial charge in [-0.05, 0) is 59.8 Å². The van der Waals surface area contributed by atoms with Crippen molar-refractivity contribution in [3.8, 4) is 0 Å². The molecule has 0 N–H and O–H groups in total. The van der Waals surface area contributed by atoms with Crippen molar-refractivity contribution in [2.24, 2.45) is 11.3 Å². The van der Waals surface area contributed by atoms with Gasteiger partial charge in [-0.3, -0.25) is 4.79 Å². The Bertz CT molecular complexity index is 945. The van der Waals surface area contributed by atoms with Gasteiger partial charge in [0.15, 0.2) is 9.84 Å².